The van der Waals surface area contributed by atoms with Gasteiger partial charge in [-0.2, -0.15) is 0 Å². The van der Waals surface area contributed by atoms with E-state index in [9.17, 15) is 10.2 Å². The molecular formula is C29H28N2O2. The Morgan fingerprint density at radius 3 is 1.76 bits per heavy atom. The largest absolute Gasteiger partial charge is 0.835 e. The number of imidazole rings is 1. The van der Waals surface area contributed by atoms with Gasteiger partial charge in [-0.3, -0.25) is 0 Å². The van der Waals surface area contributed by atoms with Crippen molar-refractivity contribution in [2.24, 2.45) is 14.1 Å². The summed E-state index contributed by atoms with van der Waals surface area (Å²) < 4.78 is 3.54. The van der Waals surface area contributed by atoms with Crippen LogP contribution in [0, 0.1) is 0 Å². The van der Waals surface area contributed by atoms with E-state index in [1.54, 1.807) is 45.6 Å². The van der Waals surface area contributed by atoms with Gasteiger partial charge < -0.3 is 10.2 Å². The molecule has 1 heterocycles. The molecule has 4 rings (SSSR count). The molecular weight excluding hydrogens is 408 g/mol. The summed E-state index contributed by atoms with van der Waals surface area (Å²) in [5.41, 5.74) is -1.61. The molecule has 33 heavy (non-hydrogen) atoms. The SMILES string of the molecule is Cn1cc[n+](C)c1C([O-])(/C=C/c1ccccc1)C(O)(/C=C/c1ccccc1)c1ccccc1. The summed E-state index contributed by atoms with van der Waals surface area (Å²) in [5, 5.41) is 27.3. The van der Waals surface area contributed by atoms with Gasteiger partial charge in [0.25, 0.3) is 5.82 Å². The Kier molecular flexibility index (Phi) is 6.40. The fraction of sp³-hybridized carbons (Fsp3) is 0.138. The van der Waals surface area contributed by atoms with Gasteiger partial charge in [-0.05, 0) is 22.8 Å². The summed E-state index contributed by atoms with van der Waals surface area (Å²) in [6.45, 7) is 0. The normalized spacial score (nSPS) is 15.5. The third-order valence-electron chi connectivity index (χ3n) is 5.92. The number of nitrogens with zero attached hydrogens (tertiary/aromatic N) is 2. The minimum atomic E-state index is -2.04. The van der Waals surface area contributed by atoms with E-state index in [0.717, 1.165) is 11.1 Å². The van der Waals surface area contributed by atoms with Crippen LogP contribution in [0.5, 0.6) is 0 Å². The van der Waals surface area contributed by atoms with Crippen molar-refractivity contribution < 1.29 is 14.8 Å². The van der Waals surface area contributed by atoms with Gasteiger partial charge in [0.15, 0.2) is 0 Å². The molecule has 166 valence electrons. The first-order valence-electron chi connectivity index (χ1n) is 10.9. The molecule has 0 aliphatic carbocycles. The molecule has 2 atom stereocenters. The topological polar surface area (TPSA) is 52.1 Å². The molecule has 2 unspecified atom stereocenters. The Morgan fingerprint density at radius 2 is 1.27 bits per heavy atom. The van der Waals surface area contributed by atoms with Crippen molar-refractivity contribution in [1.29, 1.82) is 0 Å². The van der Waals surface area contributed by atoms with Crippen molar-refractivity contribution in [3.63, 3.8) is 0 Å². The molecule has 0 aliphatic heterocycles. The molecule has 4 aromatic rings. The fourth-order valence-corrected chi connectivity index (χ4v) is 4.17. The Balaban J connectivity index is 1.95. The quantitative estimate of drug-likeness (QED) is 0.449. The minimum absolute atomic E-state index is 0.429. The zero-order chi connectivity index (χ0) is 23.3. The van der Waals surface area contributed by atoms with Crippen LogP contribution in [0.1, 0.15) is 22.5 Å². The van der Waals surface area contributed by atoms with Crippen molar-refractivity contribution in [2.75, 3.05) is 0 Å². The first-order chi connectivity index (χ1) is 15.9. The summed E-state index contributed by atoms with van der Waals surface area (Å²) >= 11 is 0. The van der Waals surface area contributed by atoms with E-state index in [4.69, 9.17) is 0 Å². The van der Waals surface area contributed by atoms with Gasteiger partial charge in [0.1, 0.15) is 18.0 Å². The third kappa shape index (κ3) is 4.44. The zero-order valence-corrected chi connectivity index (χ0v) is 18.9. The molecule has 0 saturated carbocycles. The minimum Gasteiger partial charge on any atom is -0.835 e. The second-order valence-electron chi connectivity index (χ2n) is 8.20. The number of hydrogen-bond acceptors (Lipinski definition) is 2. The molecule has 0 aliphatic rings. The third-order valence-corrected chi connectivity index (χ3v) is 5.92. The van der Waals surface area contributed by atoms with E-state index in [1.165, 1.54) is 0 Å². The molecule has 0 spiro atoms. The van der Waals surface area contributed by atoms with E-state index in [2.05, 4.69) is 0 Å². The maximum absolute atomic E-state index is 15.0. The highest BCUT2D eigenvalue weighted by atomic mass is 16.4. The number of hydrogen-bond donors (Lipinski definition) is 1. The van der Waals surface area contributed by atoms with Crippen LogP contribution >= 0.6 is 0 Å². The number of benzene rings is 3. The summed E-state index contributed by atoms with van der Waals surface area (Å²) in [4.78, 5) is 0. The van der Waals surface area contributed by atoms with Crippen molar-refractivity contribution in [2.45, 2.75) is 11.2 Å². The van der Waals surface area contributed by atoms with Crippen LogP contribution < -0.4 is 9.67 Å². The molecule has 4 heteroatoms. The summed E-state index contributed by atoms with van der Waals surface area (Å²) in [5.74, 6) is 0.429. The van der Waals surface area contributed by atoms with Gasteiger partial charge >= 0.3 is 0 Å². The highest BCUT2D eigenvalue weighted by Crippen LogP contribution is 2.40. The lowest BCUT2D eigenvalue weighted by atomic mass is 9.75. The number of aromatic nitrogens is 2. The Morgan fingerprint density at radius 1 is 0.788 bits per heavy atom. The zero-order valence-electron chi connectivity index (χ0n) is 18.9. The average molecular weight is 437 g/mol. The highest BCUT2D eigenvalue weighted by Gasteiger charge is 2.47. The van der Waals surface area contributed by atoms with Crippen LogP contribution in [-0.4, -0.2) is 9.67 Å². The molecule has 0 radical (unpaired) electrons. The van der Waals surface area contributed by atoms with E-state index >= 15 is 0 Å². The summed E-state index contributed by atoms with van der Waals surface area (Å²) in [6, 6.07) is 28.5. The highest BCUT2D eigenvalue weighted by molar-refractivity contribution is 5.56. The van der Waals surface area contributed by atoms with Crippen molar-refractivity contribution in [3.05, 3.63) is 138 Å². The van der Waals surface area contributed by atoms with Gasteiger partial charge in [-0.1, -0.05) is 109 Å². The maximum Gasteiger partial charge on any atom is 0.252 e. The van der Waals surface area contributed by atoms with Crippen molar-refractivity contribution in [3.8, 4) is 0 Å². The van der Waals surface area contributed by atoms with Gasteiger partial charge in [0.2, 0.25) is 0 Å². The molecule has 0 bridgehead atoms. The number of aliphatic hydroxyl groups is 1. The second-order valence-corrected chi connectivity index (χ2v) is 8.20. The predicted molar refractivity (Wildman–Crippen MR) is 130 cm³/mol. The first kappa shape index (κ1) is 22.5. The Labute approximate surface area is 195 Å². The summed E-state index contributed by atoms with van der Waals surface area (Å²) in [7, 11) is 3.65. The Bertz CT molecular complexity index is 1230. The second kappa shape index (κ2) is 9.41. The smallest absolute Gasteiger partial charge is 0.252 e. The predicted octanol–water partition coefficient (Wildman–Crippen LogP) is 3.72. The molecule has 0 fully saturated rings. The van der Waals surface area contributed by atoms with Crippen LogP contribution in [0.2, 0.25) is 0 Å². The molecule has 1 aromatic heterocycles. The molecule has 0 amide bonds. The van der Waals surface area contributed by atoms with E-state index in [1.807, 2.05) is 105 Å². The summed E-state index contributed by atoms with van der Waals surface area (Å²) in [6.07, 6.45) is 10.4. The van der Waals surface area contributed by atoms with Gasteiger partial charge in [0.05, 0.1) is 14.1 Å². The van der Waals surface area contributed by atoms with E-state index in [0.29, 0.717) is 11.4 Å². The maximum atomic E-state index is 15.0. The van der Waals surface area contributed by atoms with Crippen LogP contribution in [0.25, 0.3) is 12.2 Å². The van der Waals surface area contributed by atoms with Gasteiger partial charge in [-0.25, -0.2) is 9.13 Å². The van der Waals surface area contributed by atoms with Crippen LogP contribution in [0.4, 0.5) is 0 Å². The van der Waals surface area contributed by atoms with Crippen molar-refractivity contribution in [1.82, 2.24) is 4.57 Å². The Hall–Kier alpha value is -3.73. The van der Waals surface area contributed by atoms with Crippen LogP contribution in [-0.2, 0) is 25.3 Å². The standard InChI is InChI=1S/C29H28N2O2/c1-30-22-23-31(2)27(30)29(33,21-19-25-14-8-4-9-15-25)28(32,26-16-10-5-11-17-26)20-18-24-12-6-3-7-13-24/h3-23,32H,1-2H3/b20-18+,21-19+. The van der Waals surface area contributed by atoms with E-state index in [-0.39, 0.29) is 0 Å². The van der Waals surface area contributed by atoms with Crippen LogP contribution in [0.15, 0.2) is 116 Å². The first-order valence-corrected chi connectivity index (χ1v) is 10.9. The van der Waals surface area contributed by atoms with Crippen LogP contribution in [0.3, 0.4) is 0 Å². The lowest BCUT2D eigenvalue weighted by molar-refractivity contribution is -0.704. The molecule has 4 nitrogen and oxygen atoms in total. The molecule has 1 N–H and O–H groups in total. The average Bonchev–Trinajstić information content (AvgIpc) is 3.21. The van der Waals surface area contributed by atoms with E-state index < -0.39 is 11.2 Å². The molecule has 0 saturated heterocycles. The lowest BCUT2D eigenvalue weighted by Gasteiger charge is -2.47. The monoisotopic (exact) mass is 436 g/mol. The van der Waals surface area contributed by atoms with Crippen molar-refractivity contribution >= 4 is 12.2 Å². The lowest BCUT2D eigenvalue weighted by Crippen LogP contribution is -2.61. The molecule has 3 aromatic carbocycles. The number of aryl methyl sites for hydroxylation is 2. The van der Waals surface area contributed by atoms with Gasteiger partial charge in [0, 0.05) is 5.60 Å². The van der Waals surface area contributed by atoms with Gasteiger partial charge in [-0.15, -0.1) is 0 Å². The fourth-order valence-electron chi connectivity index (χ4n) is 4.17. The number of rotatable bonds is 7.